The van der Waals surface area contributed by atoms with Crippen LogP contribution in [-0.2, 0) is 4.79 Å². The first-order valence-corrected chi connectivity index (χ1v) is 7.43. The average Bonchev–Trinajstić information content (AvgIpc) is 2.97. The Bertz CT molecular complexity index is 773. The Hall–Kier alpha value is -2.38. The molecular formula is C15H13ClN2O4S. The lowest BCUT2D eigenvalue weighted by Crippen LogP contribution is -2.33. The van der Waals surface area contributed by atoms with E-state index in [0.717, 1.165) is 0 Å². The number of halogens is 1. The molecule has 0 fully saturated rings. The van der Waals surface area contributed by atoms with Crippen molar-refractivity contribution >= 4 is 46.5 Å². The van der Waals surface area contributed by atoms with Crippen LogP contribution in [0.4, 0.5) is 5.69 Å². The molecule has 0 aliphatic heterocycles. The van der Waals surface area contributed by atoms with Crippen molar-refractivity contribution in [3.63, 3.8) is 0 Å². The summed E-state index contributed by atoms with van der Waals surface area (Å²) in [5, 5.41) is 14.9. The zero-order valence-corrected chi connectivity index (χ0v) is 13.6. The lowest BCUT2D eigenvalue weighted by atomic mass is 10.1. The first-order valence-electron chi connectivity index (χ1n) is 6.64. The van der Waals surface area contributed by atoms with Gasteiger partial charge in [-0.05, 0) is 42.5 Å². The van der Waals surface area contributed by atoms with Crippen molar-refractivity contribution in [2.75, 3.05) is 5.32 Å². The molecule has 6 nitrogen and oxygen atoms in total. The van der Waals surface area contributed by atoms with Gasteiger partial charge in [0.2, 0.25) is 11.7 Å². The number of amides is 1. The number of thiocarbonyl (C=S) groups is 1. The smallest absolute Gasteiger partial charge is 0.371 e. The van der Waals surface area contributed by atoms with E-state index in [4.69, 9.17) is 33.3 Å². The Morgan fingerprint density at radius 2 is 2.04 bits per heavy atom. The Morgan fingerprint density at radius 3 is 2.65 bits per heavy atom. The van der Waals surface area contributed by atoms with Crippen LogP contribution >= 0.6 is 23.8 Å². The van der Waals surface area contributed by atoms with Gasteiger partial charge < -0.3 is 20.2 Å². The lowest BCUT2D eigenvalue weighted by molar-refractivity contribution is -0.119. The van der Waals surface area contributed by atoms with E-state index >= 15 is 0 Å². The quantitative estimate of drug-likeness (QED) is 0.729. The summed E-state index contributed by atoms with van der Waals surface area (Å²) in [7, 11) is 0. The molecule has 0 atom stereocenters. The fourth-order valence-electron chi connectivity index (χ4n) is 1.80. The molecule has 1 heterocycles. The van der Waals surface area contributed by atoms with Crippen molar-refractivity contribution in [3.8, 4) is 11.3 Å². The summed E-state index contributed by atoms with van der Waals surface area (Å²) in [6.45, 7) is 1.71. The molecule has 0 unspecified atom stereocenters. The minimum Gasteiger partial charge on any atom is -0.475 e. The fourth-order valence-corrected chi connectivity index (χ4v) is 2.20. The van der Waals surface area contributed by atoms with E-state index in [1.54, 1.807) is 25.1 Å². The summed E-state index contributed by atoms with van der Waals surface area (Å²) in [5.41, 5.74) is 1.06. The van der Waals surface area contributed by atoms with Crippen molar-refractivity contribution in [2.45, 2.75) is 13.3 Å². The van der Waals surface area contributed by atoms with Crippen LogP contribution in [-0.4, -0.2) is 22.1 Å². The number of carboxylic acid groups (broad SMARTS) is 1. The second kappa shape index (κ2) is 7.26. The van der Waals surface area contributed by atoms with Crippen LogP contribution in [0.5, 0.6) is 0 Å². The van der Waals surface area contributed by atoms with Gasteiger partial charge in [0.25, 0.3) is 0 Å². The molecule has 0 saturated heterocycles. The van der Waals surface area contributed by atoms with Gasteiger partial charge in [0, 0.05) is 17.0 Å². The number of furan rings is 1. The highest BCUT2D eigenvalue weighted by molar-refractivity contribution is 7.80. The lowest BCUT2D eigenvalue weighted by Gasteiger charge is -2.12. The Labute approximate surface area is 142 Å². The third kappa shape index (κ3) is 4.30. The van der Waals surface area contributed by atoms with E-state index in [0.29, 0.717) is 28.5 Å². The Morgan fingerprint density at radius 1 is 1.30 bits per heavy atom. The SMILES string of the molecule is CCC(=O)NC(=S)Nc1cc(Cl)ccc1-c1ccc(C(=O)O)o1. The Kier molecular flexibility index (Phi) is 5.36. The predicted molar refractivity (Wildman–Crippen MR) is 90.8 cm³/mol. The third-order valence-electron chi connectivity index (χ3n) is 2.89. The van der Waals surface area contributed by atoms with E-state index in [-0.39, 0.29) is 16.8 Å². The molecule has 2 rings (SSSR count). The number of hydrogen-bond acceptors (Lipinski definition) is 4. The van der Waals surface area contributed by atoms with Crippen LogP contribution in [0.1, 0.15) is 23.9 Å². The maximum absolute atomic E-state index is 11.4. The largest absolute Gasteiger partial charge is 0.475 e. The monoisotopic (exact) mass is 352 g/mol. The standard InChI is InChI=1S/C15H13ClN2O4S/c1-2-13(19)18-15(23)17-10-7-8(16)3-4-9(10)11-5-6-12(22-11)14(20)21/h3-7H,2H2,1H3,(H,20,21)(H2,17,18,19,23). The molecule has 1 amide bonds. The highest BCUT2D eigenvalue weighted by Crippen LogP contribution is 2.32. The Balaban J connectivity index is 2.31. The van der Waals surface area contributed by atoms with Crippen LogP contribution < -0.4 is 10.6 Å². The van der Waals surface area contributed by atoms with Crippen LogP contribution in [0.25, 0.3) is 11.3 Å². The molecule has 0 aliphatic carbocycles. The van der Waals surface area contributed by atoms with Gasteiger partial charge in [0.15, 0.2) is 5.11 Å². The summed E-state index contributed by atoms with van der Waals surface area (Å²) < 4.78 is 5.28. The van der Waals surface area contributed by atoms with Gasteiger partial charge in [0.1, 0.15) is 5.76 Å². The molecular weight excluding hydrogens is 340 g/mol. The highest BCUT2D eigenvalue weighted by Gasteiger charge is 2.15. The molecule has 8 heteroatoms. The maximum atomic E-state index is 11.4. The average molecular weight is 353 g/mol. The van der Waals surface area contributed by atoms with Gasteiger partial charge in [-0.2, -0.15) is 0 Å². The van der Waals surface area contributed by atoms with E-state index in [1.807, 2.05) is 0 Å². The van der Waals surface area contributed by atoms with Gasteiger partial charge in [-0.1, -0.05) is 18.5 Å². The number of nitrogens with one attached hydrogen (secondary N) is 2. The number of carboxylic acids is 1. The maximum Gasteiger partial charge on any atom is 0.371 e. The molecule has 0 aliphatic rings. The summed E-state index contributed by atoms with van der Waals surface area (Å²) >= 11 is 11.0. The van der Waals surface area contributed by atoms with Gasteiger partial charge in [0.05, 0.1) is 5.69 Å². The molecule has 0 saturated carbocycles. The van der Waals surface area contributed by atoms with E-state index < -0.39 is 5.97 Å². The van der Waals surface area contributed by atoms with Gasteiger partial charge in [-0.15, -0.1) is 0 Å². The van der Waals surface area contributed by atoms with Crippen molar-refractivity contribution < 1.29 is 19.1 Å². The molecule has 0 radical (unpaired) electrons. The second-order valence-corrected chi connectivity index (χ2v) is 5.36. The minimum atomic E-state index is -1.16. The molecule has 120 valence electrons. The molecule has 2 aromatic rings. The molecule has 0 bridgehead atoms. The summed E-state index contributed by atoms with van der Waals surface area (Å²) in [4.78, 5) is 22.3. The third-order valence-corrected chi connectivity index (χ3v) is 3.33. The number of rotatable bonds is 4. The normalized spacial score (nSPS) is 10.2. The van der Waals surface area contributed by atoms with Crippen molar-refractivity contribution in [3.05, 3.63) is 41.1 Å². The zero-order valence-electron chi connectivity index (χ0n) is 12.1. The van der Waals surface area contributed by atoms with E-state index in [2.05, 4.69) is 10.6 Å². The summed E-state index contributed by atoms with van der Waals surface area (Å²) in [6, 6.07) is 7.79. The number of hydrogen-bond donors (Lipinski definition) is 3. The van der Waals surface area contributed by atoms with Crippen LogP contribution in [0, 0.1) is 0 Å². The number of aromatic carboxylic acids is 1. The van der Waals surface area contributed by atoms with Gasteiger partial charge in [-0.3, -0.25) is 4.79 Å². The van der Waals surface area contributed by atoms with Crippen LogP contribution in [0.2, 0.25) is 5.02 Å². The first kappa shape index (κ1) is 17.0. The summed E-state index contributed by atoms with van der Waals surface area (Å²) in [6.07, 6.45) is 0.296. The van der Waals surface area contributed by atoms with Crippen molar-refractivity contribution in [2.24, 2.45) is 0 Å². The number of carbonyl (C=O) groups excluding carboxylic acids is 1. The topological polar surface area (TPSA) is 91.6 Å². The summed E-state index contributed by atoms with van der Waals surface area (Å²) in [5.74, 6) is -1.23. The van der Waals surface area contributed by atoms with Gasteiger partial charge in [-0.25, -0.2) is 4.79 Å². The van der Waals surface area contributed by atoms with Gasteiger partial charge >= 0.3 is 5.97 Å². The fraction of sp³-hybridized carbons (Fsp3) is 0.133. The van der Waals surface area contributed by atoms with Crippen molar-refractivity contribution in [1.29, 1.82) is 0 Å². The predicted octanol–water partition coefficient (Wildman–Crippen LogP) is 3.52. The highest BCUT2D eigenvalue weighted by atomic mass is 35.5. The molecule has 1 aromatic heterocycles. The van der Waals surface area contributed by atoms with Crippen LogP contribution in [0.15, 0.2) is 34.7 Å². The van der Waals surface area contributed by atoms with E-state index in [9.17, 15) is 9.59 Å². The van der Waals surface area contributed by atoms with Crippen LogP contribution in [0.3, 0.4) is 0 Å². The molecule has 1 aromatic carbocycles. The second-order valence-electron chi connectivity index (χ2n) is 4.51. The van der Waals surface area contributed by atoms with Crippen molar-refractivity contribution in [1.82, 2.24) is 5.32 Å². The molecule has 23 heavy (non-hydrogen) atoms. The minimum absolute atomic E-state index is 0.116. The number of carbonyl (C=O) groups is 2. The number of anilines is 1. The first-order chi connectivity index (χ1) is 10.9. The number of benzene rings is 1. The molecule has 3 N–H and O–H groups in total. The van der Waals surface area contributed by atoms with E-state index in [1.165, 1.54) is 12.1 Å². The molecule has 0 spiro atoms. The zero-order chi connectivity index (χ0) is 17.0.